The van der Waals surface area contributed by atoms with Crippen LogP contribution in [0.5, 0.6) is 11.5 Å². The van der Waals surface area contributed by atoms with Gasteiger partial charge in [-0.05, 0) is 0 Å². The fourth-order valence-electron chi connectivity index (χ4n) is 2.89. The molecule has 2 aromatic carbocycles. The zero-order valence-electron chi connectivity index (χ0n) is 17.3. The molecule has 0 aromatic heterocycles. The molecular weight excluding hydrogens is 575 g/mol. The third kappa shape index (κ3) is 10.4. The number of ether oxygens (including phenoxy) is 2. The SMILES string of the molecule is CCOc1ccc([Te]CCCCCCCC[Te]c2ccc(OCC)cc2)cc1. The van der Waals surface area contributed by atoms with Crippen molar-refractivity contribution in [2.24, 2.45) is 0 Å². The molecule has 28 heavy (non-hydrogen) atoms. The first-order valence-electron chi connectivity index (χ1n) is 10.5. The van der Waals surface area contributed by atoms with E-state index in [0.717, 1.165) is 24.7 Å². The van der Waals surface area contributed by atoms with Gasteiger partial charge in [-0.1, -0.05) is 0 Å². The van der Waals surface area contributed by atoms with Gasteiger partial charge in [0.05, 0.1) is 0 Å². The maximum absolute atomic E-state index is 5.51. The Hall–Kier alpha value is -0.381. The summed E-state index contributed by atoms with van der Waals surface area (Å²) in [5.74, 6) is 2.01. The van der Waals surface area contributed by atoms with Gasteiger partial charge in [0.15, 0.2) is 0 Å². The number of hydrogen-bond acceptors (Lipinski definition) is 2. The predicted octanol–water partition coefficient (Wildman–Crippen LogP) is 5.02. The zero-order valence-corrected chi connectivity index (χ0v) is 22.0. The molecule has 0 saturated heterocycles. The number of unbranched alkanes of at least 4 members (excludes halogenated alkanes) is 5. The second kappa shape index (κ2) is 15.5. The molecule has 0 bridgehead atoms. The Labute approximate surface area is 192 Å². The van der Waals surface area contributed by atoms with E-state index in [1.807, 2.05) is 13.8 Å². The molecule has 0 radical (unpaired) electrons. The van der Waals surface area contributed by atoms with Crippen molar-refractivity contribution in [2.75, 3.05) is 13.2 Å². The minimum atomic E-state index is -0.00271. The molecule has 0 aliphatic heterocycles. The van der Waals surface area contributed by atoms with Crippen molar-refractivity contribution in [1.82, 2.24) is 0 Å². The normalized spacial score (nSPS) is 10.8. The van der Waals surface area contributed by atoms with Crippen LogP contribution >= 0.6 is 0 Å². The van der Waals surface area contributed by atoms with E-state index < -0.39 is 0 Å². The summed E-state index contributed by atoms with van der Waals surface area (Å²) < 4.78 is 17.0. The van der Waals surface area contributed by atoms with Crippen molar-refractivity contribution < 1.29 is 9.47 Å². The van der Waals surface area contributed by atoms with Gasteiger partial charge < -0.3 is 0 Å². The third-order valence-electron chi connectivity index (χ3n) is 4.35. The van der Waals surface area contributed by atoms with Gasteiger partial charge in [-0.25, -0.2) is 0 Å². The molecule has 0 heterocycles. The summed E-state index contributed by atoms with van der Waals surface area (Å²) in [6.07, 6.45) is 8.49. The van der Waals surface area contributed by atoms with E-state index in [-0.39, 0.29) is 41.8 Å². The van der Waals surface area contributed by atoms with Crippen LogP contribution in [-0.2, 0) is 0 Å². The molecule has 2 aromatic rings. The molecule has 0 atom stereocenters. The van der Waals surface area contributed by atoms with Crippen LogP contribution in [0, 0.1) is 0 Å². The third-order valence-corrected chi connectivity index (χ3v) is 10.6. The average Bonchev–Trinajstić information content (AvgIpc) is 2.72. The Morgan fingerprint density at radius 2 is 0.893 bits per heavy atom. The summed E-state index contributed by atoms with van der Waals surface area (Å²) in [5.41, 5.74) is 0. The van der Waals surface area contributed by atoms with Crippen molar-refractivity contribution in [1.29, 1.82) is 0 Å². The van der Waals surface area contributed by atoms with Crippen molar-refractivity contribution in [3.05, 3.63) is 48.5 Å². The molecule has 0 aliphatic rings. The predicted molar refractivity (Wildman–Crippen MR) is 123 cm³/mol. The fraction of sp³-hybridized carbons (Fsp3) is 0.500. The van der Waals surface area contributed by atoms with E-state index in [4.69, 9.17) is 9.47 Å². The molecule has 0 fully saturated rings. The molecule has 0 saturated carbocycles. The molecule has 2 rings (SSSR count). The van der Waals surface area contributed by atoms with Gasteiger partial charge in [0, 0.05) is 0 Å². The number of rotatable bonds is 15. The Morgan fingerprint density at radius 1 is 0.536 bits per heavy atom. The van der Waals surface area contributed by atoms with Gasteiger partial charge in [-0.15, -0.1) is 0 Å². The van der Waals surface area contributed by atoms with Crippen LogP contribution < -0.4 is 16.7 Å². The Balaban J connectivity index is 1.42. The van der Waals surface area contributed by atoms with Gasteiger partial charge in [0.25, 0.3) is 0 Å². The summed E-state index contributed by atoms with van der Waals surface area (Å²) >= 11 is -0.00541. The van der Waals surface area contributed by atoms with Crippen molar-refractivity contribution >= 4 is 49.1 Å². The molecule has 0 N–H and O–H groups in total. The Bertz CT molecular complexity index is 569. The van der Waals surface area contributed by atoms with Crippen LogP contribution in [0.1, 0.15) is 52.4 Å². The summed E-state index contributed by atoms with van der Waals surface area (Å²) in [6.45, 7) is 5.57. The molecule has 0 unspecified atom stereocenters. The van der Waals surface area contributed by atoms with E-state index >= 15 is 0 Å². The maximum atomic E-state index is 5.51. The van der Waals surface area contributed by atoms with E-state index in [9.17, 15) is 0 Å². The molecule has 4 heteroatoms. The van der Waals surface area contributed by atoms with Crippen molar-refractivity contribution in [3.8, 4) is 11.5 Å². The standard InChI is InChI=1S/C24H34O2Te2/c1-3-25-21-11-15-23(16-12-21)27-19-9-7-5-6-8-10-20-28-24-17-13-22(14-18-24)26-4-2/h11-18H,3-10,19-20H2,1-2H3. The molecule has 0 amide bonds. The molecule has 2 nitrogen and oxygen atoms in total. The monoisotopic (exact) mass is 614 g/mol. The second-order valence-electron chi connectivity index (χ2n) is 6.63. The van der Waals surface area contributed by atoms with Gasteiger partial charge in [-0.2, -0.15) is 0 Å². The van der Waals surface area contributed by atoms with Crippen LogP contribution in [0.4, 0.5) is 0 Å². The molecule has 0 aliphatic carbocycles. The first kappa shape index (κ1) is 23.9. The van der Waals surface area contributed by atoms with E-state index in [2.05, 4.69) is 48.5 Å². The fourth-order valence-corrected chi connectivity index (χ4v) is 8.10. The number of hydrogen-bond donors (Lipinski definition) is 0. The van der Waals surface area contributed by atoms with Crippen LogP contribution in [0.2, 0.25) is 8.94 Å². The summed E-state index contributed by atoms with van der Waals surface area (Å²) in [4.78, 5) is 0. The topological polar surface area (TPSA) is 18.5 Å². The summed E-state index contributed by atoms with van der Waals surface area (Å²) in [7, 11) is 0. The van der Waals surface area contributed by atoms with Gasteiger partial charge >= 0.3 is 193 Å². The van der Waals surface area contributed by atoms with Crippen LogP contribution in [-0.4, -0.2) is 55.1 Å². The zero-order chi connectivity index (χ0) is 19.9. The molecular formula is C24H34O2Te2. The second-order valence-corrected chi connectivity index (χ2v) is 13.3. The Kier molecular flexibility index (Phi) is 13.2. The Morgan fingerprint density at radius 3 is 1.25 bits per heavy atom. The van der Waals surface area contributed by atoms with Crippen LogP contribution in [0.3, 0.4) is 0 Å². The van der Waals surface area contributed by atoms with Gasteiger partial charge in [-0.3, -0.25) is 0 Å². The van der Waals surface area contributed by atoms with E-state index in [1.165, 1.54) is 47.5 Å². The summed E-state index contributed by atoms with van der Waals surface area (Å²) in [6, 6.07) is 17.6. The van der Waals surface area contributed by atoms with E-state index in [0.29, 0.717) is 0 Å². The minimum absolute atomic E-state index is 0.00271. The average molecular weight is 610 g/mol. The van der Waals surface area contributed by atoms with Crippen LogP contribution in [0.15, 0.2) is 48.5 Å². The first-order valence-corrected chi connectivity index (χ1v) is 16.2. The number of benzene rings is 2. The quantitative estimate of drug-likeness (QED) is 0.209. The summed E-state index contributed by atoms with van der Waals surface area (Å²) in [5, 5.41) is 0. The van der Waals surface area contributed by atoms with Crippen LogP contribution in [0.25, 0.3) is 0 Å². The van der Waals surface area contributed by atoms with Gasteiger partial charge in [0.2, 0.25) is 0 Å². The van der Waals surface area contributed by atoms with Gasteiger partial charge in [0.1, 0.15) is 0 Å². The molecule has 0 spiro atoms. The van der Waals surface area contributed by atoms with Crippen molar-refractivity contribution in [3.63, 3.8) is 0 Å². The van der Waals surface area contributed by atoms with E-state index in [1.54, 1.807) is 7.22 Å². The molecule has 154 valence electrons. The van der Waals surface area contributed by atoms with Crippen molar-refractivity contribution in [2.45, 2.75) is 61.3 Å². The first-order chi connectivity index (χ1) is 13.8.